The number of esters is 1. The number of carbonyl (C=O) groups excluding carboxylic acids is 2. The molecule has 2 rings (SSSR count). The summed E-state index contributed by atoms with van der Waals surface area (Å²) in [4.78, 5) is 23.4. The molecule has 21 heavy (non-hydrogen) atoms. The fraction of sp³-hybridized carbons (Fsp3) is 0.889. The van der Waals surface area contributed by atoms with Gasteiger partial charge in [0.1, 0.15) is 5.78 Å². The minimum atomic E-state index is -0.119. The molecule has 4 unspecified atom stereocenters. The molecule has 122 valence electrons. The van der Waals surface area contributed by atoms with Crippen LogP contribution in [0.1, 0.15) is 72.6 Å². The van der Waals surface area contributed by atoms with Gasteiger partial charge in [-0.1, -0.05) is 27.7 Å². The number of carbonyl (C=O) groups is 2. The molecule has 0 saturated heterocycles. The van der Waals surface area contributed by atoms with Crippen molar-refractivity contribution in [2.75, 3.05) is 7.11 Å². The SMILES string of the molecule is CC.COC(=O)CCC(C)C1CCC2C(=O)CCCC21C. The van der Waals surface area contributed by atoms with Crippen molar-refractivity contribution in [2.45, 2.75) is 72.6 Å². The predicted octanol–water partition coefficient (Wildman–Crippen LogP) is 4.39. The topological polar surface area (TPSA) is 43.4 Å². The van der Waals surface area contributed by atoms with E-state index >= 15 is 0 Å². The summed E-state index contributed by atoms with van der Waals surface area (Å²) >= 11 is 0. The maximum atomic E-state index is 12.1. The number of hydrogen-bond donors (Lipinski definition) is 0. The van der Waals surface area contributed by atoms with E-state index in [1.165, 1.54) is 13.5 Å². The number of rotatable bonds is 4. The molecule has 0 heterocycles. The van der Waals surface area contributed by atoms with E-state index in [4.69, 9.17) is 4.74 Å². The van der Waals surface area contributed by atoms with Crippen LogP contribution in [0.2, 0.25) is 0 Å². The summed E-state index contributed by atoms with van der Waals surface area (Å²) in [5.41, 5.74) is 0.185. The standard InChI is InChI=1S/C16H26O3.C2H6/c1-11(6-9-15(18)19-3)12-7-8-13-14(17)5-4-10-16(12,13)2;1-2/h11-13H,4-10H2,1-3H3;1-2H3. The molecule has 0 aromatic rings. The van der Waals surface area contributed by atoms with Gasteiger partial charge < -0.3 is 4.74 Å². The van der Waals surface area contributed by atoms with Crippen LogP contribution in [0.4, 0.5) is 0 Å². The molecule has 2 fully saturated rings. The second kappa shape index (κ2) is 7.95. The van der Waals surface area contributed by atoms with Gasteiger partial charge in [-0.2, -0.15) is 0 Å². The van der Waals surface area contributed by atoms with E-state index in [9.17, 15) is 9.59 Å². The number of ether oxygens (including phenoxy) is 1. The molecule has 2 saturated carbocycles. The summed E-state index contributed by atoms with van der Waals surface area (Å²) in [6.07, 6.45) is 6.60. The Kier molecular flexibility index (Phi) is 6.89. The smallest absolute Gasteiger partial charge is 0.305 e. The van der Waals surface area contributed by atoms with Crippen LogP contribution in [0.15, 0.2) is 0 Å². The first-order valence-corrected chi connectivity index (χ1v) is 8.58. The molecule has 3 heteroatoms. The number of methoxy groups -OCH3 is 1. The predicted molar refractivity (Wildman–Crippen MR) is 84.9 cm³/mol. The molecule has 2 aliphatic rings. The van der Waals surface area contributed by atoms with E-state index in [1.54, 1.807) is 0 Å². The third kappa shape index (κ3) is 3.87. The number of fused-ring (bicyclic) bond motifs is 1. The van der Waals surface area contributed by atoms with E-state index in [1.807, 2.05) is 13.8 Å². The molecule has 0 radical (unpaired) electrons. The minimum Gasteiger partial charge on any atom is -0.469 e. The molecule has 0 spiro atoms. The zero-order valence-corrected chi connectivity index (χ0v) is 14.4. The Morgan fingerprint density at radius 2 is 2.05 bits per heavy atom. The number of hydrogen-bond acceptors (Lipinski definition) is 3. The molecule has 0 aromatic heterocycles. The normalized spacial score (nSPS) is 32.7. The van der Waals surface area contributed by atoms with Gasteiger partial charge >= 0.3 is 5.97 Å². The highest BCUT2D eigenvalue weighted by Gasteiger charge is 2.52. The summed E-state index contributed by atoms with van der Waals surface area (Å²) in [5, 5.41) is 0. The van der Waals surface area contributed by atoms with Crippen molar-refractivity contribution in [1.82, 2.24) is 0 Å². The molecule has 0 bridgehead atoms. The van der Waals surface area contributed by atoms with Crippen molar-refractivity contribution >= 4 is 11.8 Å². The van der Waals surface area contributed by atoms with Crippen LogP contribution in [0.3, 0.4) is 0 Å². The fourth-order valence-corrected chi connectivity index (χ4v) is 4.55. The Morgan fingerprint density at radius 1 is 1.38 bits per heavy atom. The molecular weight excluding hydrogens is 264 g/mol. The maximum absolute atomic E-state index is 12.1. The van der Waals surface area contributed by atoms with Crippen LogP contribution in [0.5, 0.6) is 0 Å². The second-order valence-corrected chi connectivity index (χ2v) is 6.65. The molecule has 2 aliphatic carbocycles. The van der Waals surface area contributed by atoms with Gasteiger partial charge in [0.05, 0.1) is 7.11 Å². The Hall–Kier alpha value is -0.860. The van der Waals surface area contributed by atoms with Crippen molar-refractivity contribution in [3.05, 3.63) is 0 Å². The zero-order valence-electron chi connectivity index (χ0n) is 14.4. The van der Waals surface area contributed by atoms with Gasteiger partial charge in [-0.05, 0) is 49.4 Å². The highest BCUT2D eigenvalue weighted by molar-refractivity contribution is 5.83. The molecule has 0 aliphatic heterocycles. The van der Waals surface area contributed by atoms with Gasteiger partial charge in [0.15, 0.2) is 0 Å². The molecule has 0 aromatic carbocycles. The molecule has 3 nitrogen and oxygen atoms in total. The van der Waals surface area contributed by atoms with Crippen molar-refractivity contribution < 1.29 is 14.3 Å². The van der Waals surface area contributed by atoms with Gasteiger partial charge in [-0.25, -0.2) is 0 Å². The number of Topliss-reactive ketones (excluding diaryl/α,β-unsaturated/α-hetero) is 1. The van der Waals surface area contributed by atoms with Crippen LogP contribution >= 0.6 is 0 Å². The van der Waals surface area contributed by atoms with Gasteiger partial charge in [0.2, 0.25) is 0 Å². The van der Waals surface area contributed by atoms with Crippen LogP contribution < -0.4 is 0 Å². The lowest BCUT2D eigenvalue weighted by Gasteiger charge is -2.42. The molecular formula is C18H32O3. The van der Waals surface area contributed by atoms with E-state index in [0.29, 0.717) is 24.0 Å². The third-order valence-electron chi connectivity index (χ3n) is 5.66. The first-order valence-electron chi connectivity index (χ1n) is 8.58. The Bertz CT molecular complexity index is 363. The monoisotopic (exact) mass is 296 g/mol. The summed E-state index contributed by atoms with van der Waals surface area (Å²) in [7, 11) is 1.44. The summed E-state index contributed by atoms with van der Waals surface area (Å²) in [5.74, 6) is 1.74. The highest BCUT2D eigenvalue weighted by atomic mass is 16.5. The maximum Gasteiger partial charge on any atom is 0.305 e. The van der Waals surface area contributed by atoms with E-state index in [2.05, 4.69) is 13.8 Å². The van der Waals surface area contributed by atoms with Crippen molar-refractivity contribution in [3.63, 3.8) is 0 Å². The van der Waals surface area contributed by atoms with E-state index < -0.39 is 0 Å². The first-order chi connectivity index (χ1) is 9.99. The fourth-order valence-electron chi connectivity index (χ4n) is 4.55. The molecule has 0 N–H and O–H groups in total. The first kappa shape index (κ1) is 18.2. The van der Waals surface area contributed by atoms with Crippen molar-refractivity contribution in [3.8, 4) is 0 Å². The second-order valence-electron chi connectivity index (χ2n) is 6.65. The van der Waals surface area contributed by atoms with E-state index in [-0.39, 0.29) is 17.3 Å². The van der Waals surface area contributed by atoms with Crippen LogP contribution in [0, 0.1) is 23.2 Å². The average Bonchev–Trinajstić information content (AvgIpc) is 2.85. The lowest BCUT2D eigenvalue weighted by Crippen LogP contribution is -2.39. The zero-order chi connectivity index (χ0) is 16.0. The average molecular weight is 296 g/mol. The Balaban J connectivity index is 0.00000106. The summed E-state index contributed by atoms with van der Waals surface area (Å²) in [6, 6.07) is 0. The van der Waals surface area contributed by atoms with Crippen LogP contribution in [-0.4, -0.2) is 18.9 Å². The summed E-state index contributed by atoms with van der Waals surface area (Å²) in [6.45, 7) is 8.54. The lowest BCUT2D eigenvalue weighted by atomic mass is 9.62. The minimum absolute atomic E-state index is 0.119. The molecule has 4 atom stereocenters. The van der Waals surface area contributed by atoms with Crippen molar-refractivity contribution in [2.24, 2.45) is 23.2 Å². The lowest BCUT2D eigenvalue weighted by molar-refractivity contribution is -0.141. The quantitative estimate of drug-likeness (QED) is 0.723. The van der Waals surface area contributed by atoms with Gasteiger partial charge in [0, 0.05) is 18.8 Å². The third-order valence-corrected chi connectivity index (χ3v) is 5.66. The molecule has 0 amide bonds. The highest BCUT2D eigenvalue weighted by Crippen LogP contribution is 2.57. The van der Waals surface area contributed by atoms with Gasteiger partial charge in [-0.15, -0.1) is 0 Å². The summed E-state index contributed by atoms with van der Waals surface area (Å²) < 4.78 is 4.72. The van der Waals surface area contributed by atoms with Crippen molar-refractivity contribution in [1.29, 1.82) is 0 Å². The van der Waals surface area contributed by atoms with Gasteiger partial charge in [0.25, 0.3) is 0 Å². The van der Waals surface area contributed by atoms with Crippen LogP contribution in [-0.2, 0) is 14.3 Å². The largest absolute Gasteiger partial charge is 0.469 e. The van der Waals surface area contributed by atoms with E-state index in [0.717, 1.165) is 32.1 Å². The van der Waals surface area contributed by atoms with Gasteiger partial charge in [-0.3, -0.25) is 9.59 Å². The van der Waals surface area contributed by atoms with Crippen LogP contribution in [0.25, 0.3) is 0 Å². The number of ketones is 1. The Morgan fingerprint density at radius 3 is 2.67 bits per heavy atom. The Labute approximate surface area is 129 Å².